The highest BCUT2D eigenvalue weighted by molar-refractivity contribution is 4.90. The number of piperidine rings is 1. The van der Waals surface area contributed by atoms with Gasteiger partial charge in [0, 0.05) is 12.1 Å². The molecular formula is C17H34N2. The van der Waals surface area contributed by atoms with E-state index in [9.17, 15) is 0 Å². The lowest BCUT2D eigenvalue weighted by Gasteiger charge is -2.42. The number of nitrogens with one attached hydrogen (secondary N) is 1. The summed E-state index contributed by atoms with van der Waals surface area (Å²) in [5.41, 5.74) is 0.773. The van der Waals surface area contributed by atoms with Crippen LogP contribution in [0.25, 0.3) is 0 Å². The summed E-state index contributed by atoms with van der Waals surface area (Å²) in [4.78, 5) is 2.75. The lowest BCUT2D eigenvalue weighted by atomic mass is 9.77. The number of rotatable bonds is 6. The summed E-state index contributed by atoms with van der Waals surface area (Å²) in [5, 5.41) is 3.52. The molecule has 0 amide bonds. The van der Waals surface area contributed by atoms with Gasteiger partial charge in [0.2, 0.25) is 0 Å². The first-order valence-corrected chi connectivity index (χ1v) is 8.59. The molecule has 1 saturated carbocycles. The van der Waals surface area contributed by atoms with Gasteiger partial charge in [0.25, 0.3) is 0 Å². The molecule has 2 rings (SSSR count). The minimum absolute atomic E-state index is 0.632. The van der Waals surface area contributed by atoms with Crippen molar-refractivity contribution in [2.75, 3.05) is 19.6 Å². The van der Waals surface area contributed by atoms with Crippen LogP contribution in [0.3, 0.4) is 0 Å². The Balaban J connectivity index is 1.63. The molecule has 1 N–H and O–H groups in total. The molecule has 0 aromatic heterocycles. The van der Waals surface area contributed by atoms with E-state index in [-0.39, 0.29) is 0 Å². The third-order valence-electron chi connectivity index (χ3n) is 5.50. The normalized spacial score (nSPS) is 25.3. The molecule has 19 heavy (non-hydrogen) atoms. The van der Waals surface area contributed by atoms with Gasteiger partial charge < -0.3 is 10.2 Å². The maximum absolute atomic E-state index is 3.52. The molecule has 0 radical (unpaired) electrons. The zero-order valence-corrected chi connectivity index (χ0v) is 13.4. The minimum Gasteiger partial charge on any atom is -0.315 e. The lowest BCUT2D eigenvalue weighted by Crippen LogP contribution is -2.43. The molecule has 0 aromatic rings. The fraction of sp³-hybridized carbons (Fsp3) is 1.00. The molecule has 1 unspecified atom stereocenters. The smallest absolute Gasteiger partial charge is 0.00674 e. The zero-order valence-electron chi connectivity index (χ0n) is 13.4. The van der Waals surface area contributed by atoms with Crippen molar-refractivity contribution in [2.24, 2.45) is 5.41 Å². The van der Waals surface area contributed by atoms with Crippen LogP contribution in [0.5, 0.6) is 0 Å². The van der Waals surface area contributed by atoms with Crippen LogP contribution < -0.4 is 5.32 Å². The van der Waals surface area contributed by atoms with Gasteiger partial charge in [-0.1, -0.05) is 26.7 Å². The maximum atomic E-state index is 3.52. The number of likely N-dealkylation sites (tertiary alicyclic amines) is 1. The second-order valence-electron chi connectivity index (χ2n) is 7.34. The quantitative estimate of drug-likeness (QED) is 0.736. The molecule has 1 heterocycles. The summed E-state index contributed by atoms with van der Waals surface area (Å²) in [6, 6.07) is 1.42. The van der Waals surface area contributed by atoms with Crippen LogP contribution in [-0.2, 0) is 0 Å². The van der Waals surface area contributed by atoms with E-state index in [0.717, 1.165) is 11.5 Å². The van der Waals surface area contributed by atoms with Crippen molar-refractivity contribution in [3.63, 3.8) is 0 Å². The summed E-state index contributed by atoms with van der Waals surface area (Å²) in [6.45, 7) is 10.8. The molecular weight excluding hydrogens is 232 g/mol. The molecule has 2 nitrogen and oxygen atoms in total. The van der Waals surface area contributed by atoms with Crippen LogP contribution >= 0.6 is 0 Å². The van der Waals surface area contributed by atoms with E-state index >= 15 is 0 Å². The van der Waals surface area contributed by atoms with Gasteiger partial charge in [-0.05, 0) is 70.5 Å². The van der Waals surface area contributed by atoms with Crippen LogP contribution in [0.2, 0.25) is 0 Å². The predicted octanol–water partition coefficient (Wildman–Crippen LogP) is 3.81. The van der Waals surface area contributed by atoms with Crippen LogP contribution in [0.1, 0.15) is 72.1 Å². The van der Waals surface area contributed by atoms with E-state index in [1.807, 2.05) is 0 Å². The predicted molar refractivity (Wildman–Crippen MR) is 83.5 cm³/mol. The Labute approximate surface area is 120 Å². The van der Waals surface area contributed by atoms with Crippen LogP contribution in [0.15, 0.2) is 0 Å². The average molecular weight is 266 g/mol. The van der Waals surface area contributed by atoms with Gasteiger partial charge >= 0.3 is 0 Å². The second-order valence-corrected chi connectivity index (χ2v) is 7.34. The number of hydrogen-bond donors (Lipinski definition) is 1. The molecule has 1 atom stereocenters. The molecule has 112 valence electrons. The highest BCUT2D eigenvalue weighted by Gasteiger charge is 2.37. The van der Waals surface area contributed by atoms with Gasteiger partial charge in [-0.25, -0.2) is 0 Å². The molecule has 1 spiro atoms. The number of nitrogens with zero attached hydrogens (tertiary/aromatic N) is 1. The van der Waals surface area contributed by atoms with E-state index in [2.05, 4.69) is 31.0 Å². The first-order valence-electron chi connectivity index (χ1n) is 8.59. The average Bonchev–Trinajstić information content (AvgIpc) is 2.83. The minimum atomic E-state index is 0.632. The Morgan fingerprint density at radius 1 is 1.00 bits per heavy atom. The fourth-order valence-corrected chi connectivity index (χ4v) is 4.03. The summed E-state index contributed by atoms with van der Waals surface area (Å²) in [6.07, 6.45) is 11.7. The van der Waals surface area contributed by atoms with Gasteiger partial charge in [-0.2, -0.15) is 0 Å². The maximum Gasteiger partial charge on any atom is 0.00674 e. The van der Waals surface area contributed by atoms with E-state index < -0.39 is 0 Å². The molecule has 1 aliphatic carbocycles. The van der Waals surface area contributed by atoms with Gasteiger partial charge in [0.1, 0.15) is 0 Å². The van der Waals surface area contributed by atoms with E-state index in [4.69, 9.17) is 0 Å². The highest BCUT2D eigenvalue weighted by Crippen LogP contribution is 2.46. The van der Waals surface area contributed by atoms with Crippen LogP contribution in [-0.4, -0.2) is 36.6 Å². The lowest BCUT2D eigenvalue weighted by molar-refractivity contribution is 0.0779. The second kappa shape index (κ2) is 7.08. The monoisotopic (exact) mass is 266 g/mol. The van der Waals surface area contributed by atoms with Crippen molar-refractivity contribution >= 4 is 0 Å². The third-order valence-corrected chi connectivity index (χ3v) is 5.50. The molecule has 2 aliphatic rings. The standard InChI is InChI=1S/C17H34N2/c1-15(2)18-12-6-7-16(3)19-13-10-17(11-14-19)8-4-5-9-17/h15-16,18H,4-14H2,1-3H3. The first-order chi connectivity index (χ1) is 9.11. The SMILES string of the molecule is CC(C)NCCCC(C)N1CCC2(CCCC2)CC1. The van der Waals surface area contributed by atoms with E-state index in [1.165, 1.54) is 71.0 Å². The van der Waals surface area contributed by atoms with Gasteiger partial charge in [0.15, 0.2) is 0 Å². The van der Waals surface area contributed by atoms with E-state index in [1.54, 1.807) is 0 Å². The Morgan fingerprint density at radius 2 is 1.63 bits per heavy atom. The van der Waals surface area contributed by atoms with Crippen molar-refractivity contribution in [3.05, 3.63) is 0 Å². The van der Waals surface area contributed by atoms with Crippen LogP contribution in [0, 0.1) is 5.41 Å². The summed E-state index contributed by atoms with van der Waals surface area (Å²) in [7, 11) is 0. The Morgan fingerprint density at radius 3 is 2.21 bits per heavy atom. The Kier molecular flexibility index (Phi) is 5.70. The topological polar surface area (TPSA) is 15.3 Å². The van der Waals surface area contributed by atoms with E-state index in [0.29, 0.717) is 6.04 Å². The van der Waals surface area contributed by atoms with Gasteiger partial charge in [0.05, 0.1) is 0 Å². The Bertz CT molecular complexity index is 246. The molecule has 1 saturated heterocycles. The van der Waals surface area contributed by atoms with Crippen molar-refractivity contribution < 1.29 is 0 Å². The van der Waals surface area contributed by atoms with Crippen LogP contribution in [0.4, 0.5) is 0 Å². The van der Waals surface area contributed by atoms with Crippen molar-refractivity contribution in [3.8, 4) is 0 Å². The van der Waals surface area contributed by atoms with Gasteiger partial charge in [-0.3, -0.25) is 0 Å². The third kappa shape index (κ3) is 4.46. The van der Waals surface area contributed by atoms with Crippen molar-refractivity contribution in [2.45, 2.75) is 84.2 Å². The molecule has 2 heteroatoms. The fourth-order valence-electron chi connectivity index (χ4n) is 4.03. The first kappa shape index (κ1) is 15.3. The number of hydrogen-bond acceptors (Lipinski definition) is 2. The molecule has 0 bridgehead atoms. The molecule has 2 fully saturated rings. The summed E-state index contributed by atoms with van der Waals surface area (Å²) in [5.74, 6) is 0. The largest absolute Gasteiger partial charge is 0.315 e. The van der Waals surface area contributed by atoms with Gasteiger partial charge in [-0.15, -0.1) is 0 Å². The van der Waals surface area contributed by atoms with Crippen molar-refractivity contribution in [1.29, 1.82) is 0 Å². The molecule has 1 aliphatic heterocycles. The summed E-state index contributed by atoms with van der Waals surface area (Å²) < 4.78 is 0. The Hall–Kier alpha value is -0.0800. The molecule has 0 aromatic carbocycles. The van der Waals surface area contributed by atoms with Crippen molar-refractivity contribution in [1.82, 2.24) is 10.2 Å². The zero-order chi connectivity index (χ0) is 13.7. The summed E-state index contributed by atoms with van der Waals surface area (Å²) >= 11 is 0. The highest BCUT2D eigenvalue weighted by atomic mass is 15.2.